The zero-order valence-electron chi connectivity index (χ0n) is 12.2. The summed E-state index contributed by atoms with van der Waals surface area (Å²) in [6.07, 6.45) is -0.0634. The fourth-order valence-electron chi connectivity index (χ4n) is 1.17. The van der Waals surface area contributed by atoms with Gasteiger partial charge in [-0.1, -0.05) is 0 Å². The number of hydrogen-bond acceptors (Lipinski definition) is 4. The second-order valence-corrected chi connectivity index (χ2v) is 5.74. The Balaban J connectivity index is 4.31. The molecule has 18 heavy (non-hydrogen) atoms. The summed E-state index contributed by atoms with van der Waals surface area (Å²) in [6.45, 7) is 11.2. The summed E-state index contributed by atoms with van der Waals surface area (Å²) in [7, 11) is 0. The zero-order chi connectivity index (χ0) is 14.4. The minimum absolute atomic E-state index is 0.106. The molecule has 0 saturated heterocycles. The molecule has 0 aliphatic rings. The Labute approximate surface area is 109 Å². The number of rotatable bonds is 5. The van der Waals surface area contributed by atoms with Crippen LogP contribution in [0, 0.1) is 11.3 Å². The smallest absolute Gasteiger partial charge is 0.408 e. The van der Waals surface area contributed by atoms with Crippen molar-refractivity contribution in [2.24, 2.45) is 0 Å². The van der Waals surface area contributed by atoms with Crippen molar-refractivity contribution in [1.29, 1.82) is 5.26 Å². The van der Waals surface area contributed by atoms with Gasteiger partial charge in [0.15, 0.2) is 0 Å². The van der Waals surface area contributed by atoms with Crippen molar-refractivity contribution in [3.05, 3.63) is 0 Å². The molecule has 0 saturated carbocycles. The van der Waals surface area contributed by atoms with Gasteiger partial charge in [0.2, 0.25) is 0 Å². The highest BCUT2D eigenvalue weighted by molar-refractivity contribution is 5.69. The number of carbonyl (C=O) groups excluding carboxylic acids is 1. The Bertz CT molecular complexity index is 315. The first-order chi connectivity index (χ1) is 8.08. The van der Waals surface area contributed by atoms with Crippen LogP contribution in [0.5, 0.6) is 0 Å². The first-order valence-electron chi connectivity index (χ1n) is 6.12. The van der Waals surface area contributed by atoms with Crippen LogP contribution in [0.1, 0.15) is 48.0 Å². The van der Waals surface area contributed by atoms with Crippen molar-refractivity contribution >= 4 is 6.09 Å². The molecule has 5 nitrogen and oxygen atoms in total. The lowest BCUT2D eigenvalue weighted by Crippen LogP contribution is -2.47. The monoisotopic (exact) mass is 256 g/mol. The fourth-order valence-corrected chi connectivity index (χ4v) is 1.17. The van der Waals surface area contributed by atoms with E-state index in [1.165, 1.54) is 0 Å². The van der Waals surface area contributed by atoms with Gasteiger partial charge >= 0.3 is 6.09 Å². The van der Waals surface area contributed by atoms with Crippen molar-refractivity contribution in [2.75, 3.05) is 6.61 Å². The van der Waals surface area contributed by atoms with Crippen molar-refractivity contribution in [3.63, 3.8) is 0 Å². The van der Waals surface area contributed by atoms with Crippen LogP contribution in [0.15, 0.2) is 0 Å². The van der Waals surface area contributed by atoms with Crippen molar-refractivity contribution in [2.45, 2.75) is 65.2 Å². The van der Waals surface area contributed by atoms with E-state index in [-0.39, 0.29) is 6.10 Å². The SMILES string of the molecule is CC(C)OCCC(C)(C#N)NC(=O)OC(C)(C)C. The van der Waals surface area contributed by atoms with Crippen molar-refractivity contribution in [3.8, 4) is 6.07 Å². The zero-order valence-corrected chi connectivity index (χ0v) is 12.2. The highest BCUT2D eigenvalue weighted by Crippen LogP contribution is 2.12. The molecule has 0 bridgehead atoms. The quantitative estimate of drug-likeness (QED) is 0.820. The molecule has 1 amide bonds. The fraction of sp³-hybridized carbons (Fsp3) is 0.846. The Morgan fingerprint density at radius 1 is 1.33 bits per heavy atom. The summed E-state index contributed by atoms with van der Waals surface area (Å²) < 4.78 is 10.5. The summed E-state index contributed by atoms with van der Waals surface area (Å²) in [5, 5.41) is 11.7. The van der Waals surface area contributed by atoms with Crippen LogP contribution in [0.3, 0.4) is 0 Å². The van der Waals surface area contributed by atoms with E-state index in [1.807, 2.05) is 13.8 Å². The second kappa shape index (κ2) is 6.60. The van der Waals surface area contributed by atoms with Crippen LogP contribution in [0.4, 0.5) is 4.79 Å². The van der Waals surface area contributed by atoms with E-state index in [2.05, 4.69) is 11.4 Å². The summed E-state index contributed by atoms with van der Waals surface area (Å²) in [4.78, 5) is 11.6. The third-order valence-electron chi connectivity index (χ3n) is 2.08. The van der Waals surface area contributed by atoms with E-state index in [4.69, 9.17) is 14.7 Å². The average molecular weight is 256 g/mol. The minimum Gasteiger partial charge on any atom is -0.444 e. The maximum atomic E-state index is 11.6. The van der Waals surface area contributed by atoms with Crippen LogP contribution in [-0.4, -0.2) is 29.9 Å². The number of nitrogens with one attached hydrogen (secondary N) is 1. The van der Waals surface area contributed by atoms with Crippen LogP contribution in [0.2, 0.25) is 0 Å². The topological polar surface area (TPSA) is 71.3 Å². The van der Waals surface area contributed by atoms with Gasteiger partial charge in [0.05, 0.1) is 18.8 Å². The van der Waals surface area contributed by atoms with Crippen LogP contribution < -0.4 is 5.32 Å². The molecular formula is C13H24N2O3. The Kier molecular flexibility index (Phi) is 6.13. The Morgan fingerprint density at radius 3 is 2.28 bits per heavy atom. The van der Waals surface area contributed by atoms with Gasteiger partial charge in [-0.05, 0) is 41.5 Å². The predicted octanol–water partition coefficient (Wildman–Crippen LogP) is 2.61. The number of ether oxygens (including phenoxy) is 2. The number of nitrogens with zero attached hydrogens (tertiary/aromatic N) is 1. The molecule has 0 heterocycles. The third-order valence-corrected chi connectivity index (χ3v) is 2.08. The highest BCUT2D eigenvalue weighted by atomic mass is 16.6. The summed E-state index contributed by atoms with van der Waals surface area (Å²) in [5.41, 5.74) is -1.55. The van der Waals surface area contributed by atoms with E-state index in [1.54, 1.807) is 27.7 Å². The molecule has 0 fully saturated rings. The second-order valence-electron chi connectivity index (χ2n) is 5.74. The Morgan fingerprint density at radius 2 is 1.89 bits per heavy atom. The third kappa shape index (κ3) is 7.91. The molecule has 5 heteroatoms. The lowest BCUT2D eigenvalue weighted by atomic mass is 10.0. The molecule has 1 atom stereocenters. The average Bonchev–Trinajstić information content (AvgIpc) is 2.13. The standard InChI is InChI=1S/C13H24N2O3/c1-10(2)17-8-7-13(6,9-14)15-11(16)18-12(3,4)5/h10H,7-8H2,1-6H3,(H,15,16). The number of alkyl carbamates (subject to hydrolysis) is 1. The number of amides is 1. The lowest BCUT2D eigenvalue weighted by Gasteiger charge is -2.26. The van der Waals surface area contributed by atoms with E-state index in [9.17, 15) is 4.79 Å². The van der Waals surface area contributed by atoms with Gasteiger partial charge < -0.3 is 14.8 Å². The maximum absolute atomic E-state index is 11.6. The molecule has 0 radical (unpaired) electrons. The van der Waals surface area contributed by atoms with Crippen LogP contribution in [-0.2, 0) is 9.47 Å². The van der Waals surface area contributed by atoms with Crippen molar-refractivity contribution in [1.82, 2.24) is 5.32 Å². The molecule has 0 aromatic carbocycles. The molecule has 0 aliphatic carbocycles. The predicted molar refractivity (Wildman–Crippen MR) is 69.1 cm³/mol. The number of carbonyl (C=O) groups is 1. The van der Waals surface area contributed by atoms with Gasteiger partial charge in [-0.25, -0.2) is 4.79 Å². The Hall–Kier alpha value is -1.28. The molecule has 1 unspecified atom stereocenters. The highest BCUT2D eigenvalue weighted by Gasteiger charge is 2.28. The molecule has 0 rings (SSSR count). The van der Waals surface area contributed by atoms with E-state index in [0.29, 0.717) is 13.0 Å². The van der Waals surface area contributed by atoms with Crippen LogP contribution in [0.25, 0.3) is 0 Å². The molecule has 1 N–H and O–H groups in total. The minimum atomic E-state index is -0.975. The van der Waals surface area contributed by atoms with Gasteiger partial charge in [0, 0.05) is 6.42 Å². The normalized spacial score (nSPS) is 14.8. The van der Waals surface area contributed by atoms with Gasteiger partial charge in [-0.15, -0.1) is 0 Å². The van der Waals surface area contributed by atoms with Gasteiger partial charge in [-0.3, -0.25) is 0 Å². The van der Waals surface area contributed by atoms with Gasteiger partial charge in [0.1, 0.15) is 11.1 Å². The maximum Gasteiger partial charge on any atom is 0.408 e. The molecule has 104 valence electrons. The van der Waals surface area contributed by atoms with E-state index in [0.717, 1.165) is 0 Å². The summed E-state index contributed by atoms with van der Waals surface area (Å²) in [5.74, 6) is 0. The lowest BCUT2D eigenvalue weighted by molar-refractivity contribution is 0.0425. The summed E-state index contributed by atoms with van der Waals surface area (Å²) >= 11 is 0. The van der Waals surface area contributed by atoms with Gasteiger partial charge in [0.25, 0.3) is 0 Å². The molecule has 0 spiro atoms. The van der Waals surface area contributed by atoms with Crippen LogP contribution >= 0.6 is 0 Å². The number of nitriles is 1. The molecular weight excluding hydrogens is 232 g/mol. The van der Waals surface area contributed by atoms with Crippen molar-refractivity contribution < 1.29 is 14.3 Å². The van der Waals surface area contributed by atoms with Gasteiger partial charge in [-0.2, -0.15) is 5.26 Å². The molecule has 0 aromatic rings. The first kappa shape index (κ1) is 16.7. The largest absolute Gasteiger partial charge is 0.444 e. The molecule has 0 aromatic heterocycles. The first-order valence-corrected chi connectivity index (χ1v) is 6.12. The van der Waals surface area contributed by atoms with E-state index < -0.39 is 17.2 Å². The number of hydrogen-bond donors (Lipinski definition) is 1. The van der Waals surface area contributed by atoms with E-state index >= 15 is 0 Å². The molecule has 0 aliphatic heterocycles. The summed E-state index contributed by atoms with van der Waals surface area (Å²) in [6, 6.07) is 2.08.